The Bertz CT molecular complexity index is 601. The largest absolute Gasteiger partial charge is 0.413 e. The molecule has 0 heterocycles. The lowest BCUT2D eigenvalue weighted by Crippen LogP contribution is -2.15. The third-order valence-corrected chi connectivity index (χ3v) is 4.17. The lowest BCUT2D eigenvalue weighted by atomic mass is 10.0. The highest BCUT2D eigenvalue weighted by atomic mass is 32.2. The van der Waals surface area contributed by atoms with Crippen LogP contribution in [0, 0.1) is 0 Å². The van der Waals surface area contributed by atoms with Gasteiger partial charge in [-0.25, -0.2) is 0 Å². The number of alkyl halides is 3. The molecule has 0 N–H and O–H groups in total. The van der Waals surface area contributed by atoms with Gasteiger partial charge in [-0.1, -0.05) is 48.5 Å². The third-order valence-electron chi connectivity index (χ3n) is 3.13. The highest BCUT2D eigenvalue weighted by Crippen LogP contribution is 2.36. The van der Waals surface area contributed by atoms with Gasteiger partial charge in [-0.3, -0.25) is 0 Å². The Morgan fingerprint density at radius 2 is 1.43 bits per heavy atom. The molecule has 2 rings (SSSR count). The van der Waals surface area contributed by atoms with Gasteiger partial charge in [0.1, 0.15) is 0 Å². The van der Waals surface area contributed by atoms with E-state index in [-0.39, 0.29) is 11.3 Å². The molecule has 0 aliphatic carbocycles. The number of hydrogen-bond acceptors (Lipinski definition) is 1. The second-order valence-corrected chi connectivity index (χ2v) is 5.62. The van der Waals surface area contributed by atoms with Gasteiger partial charge in [-0.05, 0) is 30.2 Å². The summed E-state index contributed by atoms with van der Waals surface area (Å²) in [7, 11) is 0. The summed E-state index contributed by atoms with van der Waals surface area (Å²) in [6, 6.07) is 17.8. The van der Waals surface area contributed by atoms with Crippen LogP contribution in [0.5, 0.6) is 0 Å². The smallest absolute Gasteiger partial charge is 0.166 e. The Hall–Kier alpha value is -1.68. The average molecular weight is 308 g/mol. The second kappa shape index (κ2) is 6.85. The molecule has 0 saturated heterocycles. The first-order valence-electron chi connectivity index (χ1n) is 6.48. The molecule has 0 aliphatic rings. The summed E-state index contributed by atoms with van der Waals surface area (Å²) in [6.07, 6.45) is -4.32. The van der Waals surface area contributed by atoms with Crippen molar-refractivity contribution in [2.45, 2.75) is 18.0 Å². The van der Waals surface area contributed by atoms with Gasteiger partial charge in [0.25, 0.3) is 0 Å². The zero-order valence-electron chi connectivity index (χ0n) is 11.5. The highest BCUT2D eigenvalue weighted by Gasteiger charge is 2.35. The van der Waals surface area contributed by atoms with Gasteiger partial charge in [0.05, 0.1) is 0 Å². The van der Waals surface area contributed by atoms with Crippen LogP contribution in [-0.2, 0) is 0 Å². The normalized spacial score (nSPS) is 13.0. The monoisotopic (exact) mass is 308 g/mol. The first-order valence-corrected chi connectivity index (χ1v) is 7.47. The maximum absolute atomic E-state index is 13.3. The van der Waals surface area contributed by atoms with Crippen molar-refractivity contribution in [3.63, 3.8) is 0 Å². The molecule has 0 radical (unpaired) electrons. The summed E-state index contributed by atoms with van der Waals surface area (Å²) < 4.78 is 39.9. The molecule has 0 amide bonds. The van der Waals surface area contributed by atoms with E-state index in [0.717, 1.165) is 4.90 Å². The van der Waals surface area contributed by atoms with E-state index in [1.54, 1.807) is 30.3 Å². The van der Waals surface area contributed by atoms with E-state index in [1.165, 1.54) is 18.7 Å². The van der Waals surface area contributed by atoms with E-state index in [0.29, 0.717) is 5.56 Å². The van der Waals surface area contributed by atoms with Crippen molar-refractivity contribution in [2.75, 3.05) is 5.75 Å². The van der Waals surface area contributed by atoms with Crippen molar-refractivity contribution in [3.05, 3.63) is 71.8 Å². The topological polar surface area (TPSA) is 0 Å². The number of hydrogen-bond donors (Lipinski definition) is 0. The van der Waals surface area contributed by atoms with Gasteiger partial charge in [0.15, 0.2) is 0 Å². The molecule has 110 valence electrons. The number of benzene rings is 2. The Balaban J connectivity index is 2.27. The summed E-state index contributed by atoms with van der Waals surface area (Å²) in [5.74, 6) is -0.0890. The SMILES string of the molecule is C/C(=C(/CSc1ccccc1)C(F)(F)F)c1ccccc1. The molecule has 4 heteroatoms. The van der Waals surface area contributed by atoms with E-state index in [4.69, 9.17) is 0 Å². The van der Waals surface area contributed by atoms with Crippen molar-refractivity contribution in [1.29, 1.82) is 0 Å². The second-order valence-electron chi connectivity index (χ2n) is 4.57. The van der Waals surface area contributed by atoms with Crippen LogP contribution in [-0.4, -0.2) is 11.9 Å². The van der Waals surface area contributed by atoms with Gasteiger partial charge in [0, 0.05) is 16.2 Å². The summed E-state index contributed by atoms with van der Waals surface area (Å²) >= 11 is 1.20. The molecule has 0 fully saturated rings. The van der Waals surface area contributed by atoms with E-state index in [2.05, 4.69) is 0 Å². The number of thioether (sulfide) groups is 1. The summed E-state index contributed by atoms with van der Waals surface area (Å²) in [5, 5.41) is 0. The standard InChI is InChI=1S/C17H15F3S/c1-13(14-8-4-2-5-9-14)16(17(18,19)20)12-21-15-10-6-3-7-11-15/h2-11H,12H2,1H3/b16-13+. The highest BCUT2D eigenvalue weighted by molar-refractivity contribution is 7.99. The maximum atomic E-state index is 13.3. The fourth-order valence-corrected chi connectivity index (χ4v) is 2.98. The predicted octanol–water partition coefficient (Wildman–Crippen LogP) is 5.81. The molecular weight excluding hydrogens is 293 g/mol. The fourth-order valence-electron chi connectivity index (χ4n) is 1.94. The predicted molar refractivity (Wildman–Crippen MR) is 82.3 cm³/mol. The third kappa shape index (κ3) is 4.39. The van der Waals surface area contributed by atoms with Gasteiger partial charge >= 0.3 is 6.18 Å². The van der Waals surface area contributed by atoms with Crippen molar-refractivity contribution >= 4 is 17.3 Å². The first kappa shape index (κ1) is 15.7. The summed E-state index contributed by atoms with van der Waals surface area (Å²) in [6.45, 7) is 1.53. The Labute approximate surface area is 126 Å². The molecule has 2 aromatic rings. The average Bonchev–Trinajstić information content (AvgIpc) is 2.48. The number of allylic oxidation sites excluding steroid dienone is 1. The van der Waals surface area contributed by atoms with Crippen LogP contribution in [0.2, 0.25) is 0 Å². The molecule has 2 aromatic carbocycles. The molecule has 0 aromatic heterocycles. The van der Waals surface area contributed by atoms with Gasteiger partial charge in [0.2, 0.25) is 0 Å². The van der Waals surface area contributed by atoms with Crippen molar-refractivity contribution in [1.82, 2.24) is 0 Å². The van der Waals surface area contributed by atoms with E-state index in [9.17, 15) is 13.2 Å². The Kier molecular flexibility index (Phi) is 5.12. The maximum Gasteiger partial charge on any atom is 0.413 e. The lowest BCUT2D eigenvalue weighted by molar-refractivity contribution is -0.0902. The van der Waals surface area contributed by atoms with Gasteiger partial charge < -0.3 is 0 Å². The molecule has 0 aliphatic heterocycles. The molecule has 0 saturated carbocycles. The Morgan fingerprint density at radius 3 is 1.95 bits per heavy atom. The van der Waals surface area contributed by atoms with Crippen LogP contribution < -0.4 is 0 Å². The van der Waals surface area contributed by atoms with Crippen LogP contribution in [0.25, 0.3) is 5.57 Å². The molecular formula is C17H15F3S. The molecule has 0 spiro atoms. The first-order chi connectivity index (χ1) is 9.98. The lowest BCUT2D eigenvalue weighted by Gasteiger charge is -2.16. The van der Waals surface area contributed by atoms with Crippen LogP contribution in [0.1, 0.15) is 12.5 Å². The fraction of sp³-hybridized carbons (Fsp3) is 0.176. The summed E-state index contributed by atoms with van der Waals surface area (Å²) in [4.78, 5) is 0.833. The van der Waals surface area contributed by atoms with Crippen LogP contribution in [0.4, 0.5) is 13.2 Å². The van der Waals surface area contributed by atoms with Crippen LogP contribution in [0.15, 0.2) is 71.1 Å². The van der Waals surface area contributed by atoms with Crippen molar-refractivity contribution < 1.29 is 13.2 Å². The van der Waals surface area contributed by atoms with Crippen LogP contribution >= 0.6 is 11.8 Å². The zero-order chi connectivity index (χ0) is 15.3. The molecule has 0 nitrogen and oxygen atoms in total. The minimum absolute atomic E-state index is 0.0890. The summed E-state index contributed by atoms with van der Waals surface area (Å²) in [5.41, 5.74) is 0.410. The Morgan fingerprint density at radius 1 is 0.905 bits per heavy atom. The van der Waals surface area contributed by atoms with Gasteiger partial charge in [-0.15, -0.1) is 11.8 Å². The molecule has 0 unspecified atom stereocenters. The van der Waals surface area contributed by atoms with Gasteiger partial charge in [-0.2, -0.15) is 13.2 Å². The van der Waals surface area contributed by atoms with Crippen molar-refractivity contribution in [2.24, 2.45) is 0 Å². The quantitative estimate of drug-likeness (QED) is 0.642. The molecule has 0 bridgehead atoms. The van der Waals surface area contributed by atoms with E-state index >= 15 is 0 Å². The van der Waals surface area contributed by atoms with Crippen molar-refractivity contribution in [3.8, 4) is 0 Å². The molecule has 0 atom stereocenters. The van der Waals surface area contributed by atoms with Crippen LogP contribution in [0.3, 0.4) is 0 Å². The number of halogens is 3. The van der Waals surface area contributed by atoms with E-state index < -0.39 is 11.7 Å². The minimum atomic E-state index is -4.32. The zero-order valence-corrected chi connectivity index (χ0v) is 12.3. The minimum Gasteiger partial charge on any atom is -0.166 e. The van der Waals surface area contributed by atoms with E-state index in [1.807, 2.05) is 30.3 Å². The number of rotatable bonds is 4. The molecule has 21 heavy (non-hydrogen) atoms.